The van der Waals surface area contributed by atoms with Crippen molar-refractivity contribution < 1.29 is 19.0 Å². The number of halogens is 1. The molecule has 0 radical (unpaired) electrons. The van der Waals surface area contributed by atoms with E-state index in [1.807, 2.05) is 0 Å². The van der Waals surface area contributed by atoms with E-state index in [0.717, 1.165) is 6.42 Å². The monoisotopic (exact) mass is 254 g/mol. The molecule has 0 aromatic heterocycles. The van der Waals surface area contributed by atoms with E-state index in [9.17, 15) is 4.79 Å². The van der Waals surface area contributed by atoms with Crippen LogP contribution in [0.3, 0.4) is 0 Å². The van der Waals surface area contributed by atoms with E-state index in [1.54, 1.807) is 0 Å². The number of methoxy groups -OCH3 is 3. The Kier molecular flexibility index (Phi) is 7.38. The van der Waals surface area contributed by atoms with Gasteiger partial charge in [0.05, 0.1) is 10.2 Å². The van der Waals surface area contributed by atoms with Crippen LogP contribution in [0.25, 0.3) is 0 Å². The van der Waals surface area contributed by atoms with Gasteiger partial charge in [-0.05, 0) is 12.8 Å². The summed E-state index contributed by atoms with van der Waals surface area (Å²) in [4.78, 5) is 12.0. The normalized spacial score (nSPS) is 14.1. The summed E-state index contributed by atoms with van der Waals surface area (Å²) in [6.07, 6.45) is 0.827. The minimum absolute atomic E-state index is 0.160. The third-order valence-electron chi connectivity index (χ3n) is 2.40. The van der Waals surface area contributed by atoms with Crippen LogP contribution in [-0.2, 0) is 19.0 Å². The van der Waals surface area contributed by atoms with Crippen molar-refractivity contribution in [1.82, 2.24) is 0 Å². The van der Waals surface area contributed by atoms with Crippen LogP contribution in [0.5, 0.6) is 0 Å². The summed E-state index contributed by atoms with van der Waals surface area (Å²) in [5, 5.41) is 0. The van der Waals surface area contributed by atoms with Gasteiger partial charge < -0.3 is 14.2 Å². The van der Waals surface area contributed by atoms with Gasteiger partial charge in [-0.25, -0.2) is 0 Å². The minimum atomic E-state index is -1.10. The Morgan fingerprint density at radius 1 is 1.40 bits per heavy atom. The van der Waals surface area contributed by atoms with E-state index in [0.29, 0.717) is 22.5 Å². The highest BCUT2D eigenvalue weighted by Gasteiger charge is 2.37. The molecule has 90 valence electrons. The molecule has 0 aliphatic rings. The second-order valence-electron chi connectivity index (χ2n) is 3.27. The first-order chi connectivity index (χ1) is 7.05. The molecule has 1 atom stereocenters. The van der Waals surface area contributed by atoms with Gasteiger partial charge in [0.1, 0.15) is 6.10 Å². The lowest BCUT2D eigenvalue weighted by atomic mass is 10.1. The molecular weight excluding hydrogens is 236 g/mol. The lowest BCUT2D eigenvalue weighted by Crippen LogP contribution is -2.49. The Morgan fingerprint density at radius 3 is 2.27 bits per heavy atom. The summed E-state index contributed by atoms with van der Waals surface area (Å²) in [7, 11) is 4.88. The molecule has 0 N–H and O–H groups in total. The maximum absolute atomic E-state index is 12.0. The fraction of sp³-hybridized carbons (Fsp3) is 0.889. The molecule has 0 aromatic carbocycles. The van der Waals surface area contributed by atoms with E-state index in [-0.39, 0.29) is 5.78 Å². The largest absolute Gasteiger partial charge is 0.373 e. The number of carbonyl (C=O) groups is 1. The van der Waals surface area contributed by atoms with Gasteiger partial charge in [0.15, 0.2) is 0 Å². The van der Waals surface area contributed by atoms with Crippen LogP contribution in [-0.4, -0.2) is 54.7 Å². The summed E-state index contributed by atoms with van der Waals surface area (Å²) >= 11 is 5.57. The molecule has 15 heavy (non-hydrogen) atoms. The molecule has 0 aliphatic carbocycles. The van der Waals surface area contributed by atoms with E-state index in [4.69, 9.17) is 25.8 Å². The Balaban J connectivity index is 4.48. The van der Waals surface area contributed by atoms with Gasteiger partial charge in [0.25, 0.3) is 0 Å². The van der Waals surface area contributed by atoms with Crippen molar-refractivity contribution in [3.05, 3.63) is 0 Å². The highest BCUT2D eigenvalue weighted by Crippen LogP contribution is 2.15. The summed E-state index contributed by atoms with van der Waals surface area (Å²) in [6, 6.07) is 0. The Labute approximate surface area is 98.6 Å². The van der Waals surface area contributed by atoms with E-state index in [2.05, 4.69) is 0 Å². The van der Waals surface area contributed by atoms with Crippen LogP contribution >= 0.6 is 11.6 Å². The molecule has 0 amide bonds. The molecule has 0 rings (SSSR count). The van der Waals surface area contributed by atoms with Crippen LogP contribution in [0, 0.1) is 0 Å². The number of alkyl halides is 1. The molecule has 0 bridgehead atoms. The van der Waals surface area contributed by atoms with E-state index < -0.39 is 11.5 Å². The molecule has 0 heterocycles. The van der Waals surface area contributed by atoms with Gasteiger partial charge in [0.2, 0.25) is 11.2 Å². The van der Waals surface area contributed by atoms with Crippen LogP contribution in [0.2, 0.25) is 0 Å². The van der Waals surface area contributed by atoms with Gasteiger partial charge in [-0.15, -0.1) is 11.6 Å². The number of Topliss-reactive ketones (excluding diaryl/α,β-unsaturated/α-hetero) is 1. The zero-order valence-electron chi connectivity index (χ0n) is 9.71. The number of carbonyl (C=O) groups excluding carboxylic acids is 1. The summed E-state index contributed by atoms with van der Waals surface area (Å²) in [6.45, 7) is 0. The number of ether oxygens (including phenoxy) is 3. The predicted molar refractivity (Wildman–Crippen MR) is 62.4 cm³/mol. The molecule has 0 saturated heterocycles. The van der Waals surface area contributed by atoms with Crippen LogP contribution in [0.4, 0.5) is 0 Å². The van der Waals surface area contributed by atoms with Gasteiger partial charge >= 0.3 is 0 Å². The van der Waals surface area contributed by atoms with E-state index >= 15 is 0 Å². The lowest BCUT2D eigenvalue weighted by Gasteiger charge is -2.28. The molecule has 0 aromatic rings. The third kappa shape index (κ3) is 4.20. The molecule has 1 unspecified atom stereocenters. The second kappa shape index (κ2) is 7.35. The third-order valence-corrected chi connectivity index (χ3v) is 3.98. The Hall–Kier alpha value is 0.0569. The van der Waals surface area contributed by atoms with Crippen LogP contribution < -0.4 is 0 Å². The van der Waals surface area contributed by atoms with Gasteiger partial charge in [0, 0.05) is 27.2 Å². The number of ketones is 1. The first-order valence-corrected chi connectivity index (χ1v) is 6.32. The van der Waals surface area contributed by atoms with Crippen molar-refractivity contribution in [2.24, 2.45) is 0 Å². The minimum Gasteiger partial charge on any atom is -0.373 e. The highest BCUT2D eigenvalue weighted by molar-refractivity contribution is 6.27. The summed E-state index contributed by atoms with van der Waals surface area (Å²) in [5.41, 5.74) is -1.10. The standard InChI is InChI=1S/C9H19ClO4Si/c1-12-7(5-4-6-10)8(11)9(15,13-2)14-3/h7H,4-6H2,1-3,15H3. The maximum atomic E-state index is 12.0. The fourth-order valence-corrected chi connectivity index (χ4v) is 1.67. The molecule has 0 saturated carbocycles. The first-order valence-electron chi connectivity index (χ1n) is 4.79. The predicted octanol–water partition coefficient (Wildman–Crippen LogP) is -0.0985. The molecular formula is C9H19ClO4Si. The molecule has 6 heteroatoms. The maximum Gasteiger partial charge on any atom is 0.214 e. The number of hydrogen-bond acceptors (Lipinski definition) is 4. The zero-order valence-corrected chi connectivity index (χ0v) is 12.5. The van der Waals surface area contributed by atoms with Crippen molar-refractivity contribution in [1.29, 1.82) is 0 Å². The highest BCUT2D eigenvalue weighted by atomic mass is 35.5. The topological polar surface area (TPSA) is 44.8 Å². The van der Waals surface area contributed by atoms with Crippen molar-refractivity contribution >= 4 is 27.6 Å². The summed E-state index contributed by atoms with van der Waals surface area (Å²) in [5.74, 6) is 0.355. The Bertz CT molecular complexity index is 197. The fourth-order valence-electron chi connectivity index (χ4n) is 1.20. The average molecular weight is 255 g/mol. The van der Waals surface area contributed by atoms with Gasteiger partial charge in [-0.2, -0.15) is 0 Å². The van der Waals surface area contributed by atoms with Gasteiger partial charge in [-0.1, -0.05) is 0 Å². The molecule has 0 spiro atoms. The van der Waals surface area contributed by atoms with Crippen molar-refractivity contribution in [3.8, 4) is 0 Å². The lowest BCUT2D eigenvalue weighted by molar-refractivity contribution is -0.181. The first kappa shape index (κ1) is 15.1. The van der Waals surface area contributed by atoms with Crippen molar-refractivity contribution in [3.63, 3.8) is 0 Å². The Morgan fingerprint density at radius 2 is 1.93 bits per heavy atom. The molecule has 0 aliphatic heterocycles. The summed E-state index contributed by atoms with van der Waals surface area (Å²) < 4.78 is 15.3. The smallest absolute Gasteiger partial charge is 0.214 e. The second-order valence-corrected chi connectivity index (χ2v) is 4.97. The quantitative estimate of drug-likeness (QED) is 0.345. The SMILES string of the molecule is COC(CCCCl)C(=O)C([SiH3])(OC)OC. The van der Waals surface area contributed by atoms with Crippen molar-refractivity contribution in [2.75, 3.05) is 27.2 Å². The zero-order chi connectivity index (χ0) is 11.9. The van der Waals surface area contributed by atoms with Crippen molar-refractivity contribution in [2.45, 2.75) is 24.4 Å². The van der Waals surface area contributed by atoms with Crippen LogP contribution in [0.15, 0.2) is 0 Å². The van der Waals surface area contributed by atoms with Gasteiger partial charge in [-0.3, -0.25) is 4.79 Å². The van der Waals surface area contributed by atoms with E-state index in [1.165, 1.54) is 21.3 Å². The molecule has 4 nitrogen and oxygen atoms in total. The average Bonchev–Trinajstić information content (AvgIpc) is 2.28. The number of hydrogen-bond donors (Lipinski definition) is 0. The van der Waals surface area contributed by atoms with Crippen LogP contribution in [0.1, 0.15) is 12.8 Å². The molecule has 0 fully saturated rings. The number of rotatable bonds is 8.